The maximum absolute atomic E-state index is 11.0. The number of hydrogen-bond acceptors (Lipinski definition) is 6. The van der Waals surface area contributed by atoms with Gasteiger partial charge in [0.05, 0.1) is 0 Å². The van der Waals surface area contributed by atoms with Crippen LogP contribution < -0.4 is 0 Å². The van der Waals surface area contributed by atoms with E-state index in [2.05, 4.69) is 6.92 Å². The highest BCUT2D eigenvalue weighted by Crippen LogP contribution is 2.25. The van der Waals surface area contributed by atoms with Gasteiger partial charge in [-0.25, -0.2) is 4.79 Å². The Labute approximate surface area is 118 Å². The average Bonchev–Trinajstić information content (AvgIpc) is 2.65. The lowest BCUT2D eigenvalue weighted by molar-refractivity contribution is -0.148. The normalized spacial score (nSPS) is 28.4. The van der Waals surface area contributed by atoms with Crippen molar-refractivity contribution < 1.29 is 24.9 Å². The Morgan fingerprint density at radius 3 is 2.42 bits per heavy atom. The van der Waals surface area contributed by atoms with E-state index in [9.17, 15) is 20.1 Å². The number of hydrogen-bond donors (Lipinski definition) is 3. The molecular weight excluding hydrogens is 268 g/mol. The van der Waals surface area contributed by atoms with Gasteiger partial charge in [-0.15, -0.1) is 11.8 Å². The molecule has 0 aromatic carbocycles. The number of thioether (sulfide) groups is 1. The van der Waals surface area contributed by atoms with Crippen LogP contribution in [-0.4, -0.2) is 50.8 Å². The van der Waals surface area contributed by atoms with Gasteiger partial charge in [0.2, 0.25) is 0 Å². The summed E-state index contributed by atoms with van der Waals surface area (Å²) < 4.78 is 4.75. The molecule has 4 atom stereocenters. The smallest absolute Gasteiger partial charge is 0.338 e. The second-order valence-electron chi connectivity index (χ2n) is 4.87. The van der Waals surface area contributed by atoms with Gasteiger partial charge in [0, 0.05) is 0 Å². The molecule has 1 unspecified atom stereocenters. The summed E-state index contributed by atoms with van der Waals surface area (Å²) in [5.41, 5.74) is -0.980. The minimum Gasteiger partial charge on any atom is -0.454 e. The first-order chi connectivity index (χ1) is 9.07. The topological polar surface area (TPSA) is 87.0 Å². The maximum Gasteiger partial charge on any atom is 0.338 e. The Bertz CT molecular complexity index is 274. The van der Waals surface area contributed by atoms with E-state index in [-0.39, 0.29) is 0 Å². The molecule has 6 heteroatoms. The molecule has 1 aliphatic rings. The highest BCUT2D eigenvalue weighted by molar-refractivity contribution is 7.99. The summed E-state index contributed by atoms with van der Waals surface area (Å²) in [5, 5.41) is 28.6. The molecule has 1 heterocycles. The number of esters is 1. The van der Waals surface area contributed by atoms with Crippen LogP contribution in [0.2, 0.25) is 0 Å². The molecule has 0 amide bonds. The third-order valence-corrected chi connectivity index (χ3v) is 4.36. The Balaban J connectivity index is 2.11. The molecule has 0 saturated carbocycles. The quantitative estimate of drug-likeness (QED) is 0.334. The maximum atomic E-state index is 11.0. The number of carbonyl (C=O) groups is 1. The number of unbranched alkanes of at least 4 members (excludes halogenated alkanes) is 5. The Hall–Kier alpha value is -0.300. The lowest BCUT2D eigenvalue weighted by atomic mass is 10.1. The minimum atomic E-state index is -1.53. The van der Waals surface area contributed by atoms with Crippen molar-refractivity contribution >= 4 is 17.7 Å². The Morgan fingerprint density at radius 1 is 1.21 bits per heavy atom. The SMILES string of the molecule is CCCCCCCCSC(O)[C@H]1OC(=O)[C@@H](O)[C@@H]1O. The number of ether oxygens (including phenoxy) is 1. The van der Waals surface area contributed by atoms with Gasteiger partial charge >= 0.3 is 5.97 Å². The summed E-state index contributed by atoms with van der Waals surface area (Å²) >= 11 is 1.25. The first-order valence-electron chi connectivity index (χ1n) is 6.94. The summed E-state index contributed by atoms with van der Waals surface area (Å²) in [6, 6.07) is 0. The highest BCUT2D eigenvalue weighted by atomic mass is 32.2. The van der Waals surface area contributed by atoms with E-state index < -0.39 is 29.7 Å². The van der Waals surface area contributed by atoms with Crippen molar-refractivity contribution in [2.45, 2.75) is 69.2 Å². The van der Waals surface area contributed by atoms with Crippen molar-refractivity contribution in [1.29, 1.82) is 0 Å². The van der Waals surface area contributed by atoms with E-state index >= 15 is 0 Å². The van der Waals surface area contributed by atoms with Gasteiger partial charge in [0.15, 0.2) is 12.2 Å². The monoisotopic (exact) mass is 292 g/mol. The van der Waals surface area contributed by atoms with E-state index in [1.807, 2.05) is 0 Å². The van der Waals surface area contributed by atoms with Gasteiger partial charge in [-0.2, -0.15) is 0 Å². The third kappa shape index (κ3) is 5.30. The van der Waals surface area contributed by atoms with Crippen LogP contribution in [0.5, 0.6) is 0 Å². The highest BCUT2D eigenvalue weighted by Gasteiger charge is 2.46. The first-order valence-corrected chi connectivity index (χ1v) is 7.99. The lowest BCUT2D eigenvalue weighted by Gasteiger charge is -2.19. The lowest BCUT2D eigenvalue weighted by Crippen LogP contribution is -2.37. The fourth-order valence-corrected chi connectivity index (χ4v) is 3.02. The molecule has 0 radical (unpaired) electrons. The van der Waals surface area contributed by atoms with Crippen LogP contribution in [0, 0.1) is 0 Å². The summed E-state index contributed by atoms with van der Waals surface area (Å²) in [5.74, 6) is -0.110. The summed E-state index contributed by atoms with van der Waals surface area (Å²) in [6.45, 7) is 2.18. The van der Waals surface area contributed by atoms with Gasteiger partial charge in [0.1, 0.15) is 11.5 Å². The van der Waals surface area contributed by atoms with Crippen molar-refractivity contribution in [3.05, 3.63) is 0 Å². The molecule has 1 fully saturated rings. The van der Waals surface area contributed by atoms with Crippen LogP contribution in [0.1, 0.15) is 45.4 Å². The molecule has 19 heavy (non-hydrogen) atoms. The van der Waals surface area contributed by atoms with Gasteiger partial charge in [-0.3, -0.25) is 0 Å². The molecule has 1 aliphatic heterocycles. The van der Waals surface area contributed by atoms with Crippen molar-refractivity contribution in [3.8, 4) is 0 Å². The Kier molecular flexibility index (Phi) is 7.75. The van der Waals surface area contributed by atoms with Crippen molar-refractivity contribution in [2.24, 2.45) is 0 Å². The molecule has 5 nitrogen and oxygen atoms in total. The molecule has 0 aliphatic carbocycles. The largest absolute Gasteiger partial charge is 0.454 e. The van der Waals surface area contributed by atoms with E-state index in [0.717, 1.165) is 18.6 Å². The fourth-order valence-electron chi connectivity index (χ4n) is 2.00. The zero-order chi connectivity index (χ0) is 14.3. The van der Waals surface area contributed by atoms with E-state index in [1.54, 1.807) is 0 Å². The Morgan fingerprint density at radius 2 is 1.84 bits per heavy atom. The molecule has 0 bridgehead atoms. The summed E-state index contributed by atoms with van der Waals surface area (Å²) in [4.78, 5) is 11.0. The van der Waals surface area contributed by atoms with Crippen LogP contribution in [0.15, 0.2) is 0 Å². The average molecular weight is 292 g/mol. The summed E-state index contributed by atoms with van der Waals surface area (Å²) in [6.07, 6.45) is 3.15. The van der Waals surface area contributed by atoms with Crippen LogP contribution in [0.25, 0.3) is 0 Å². The second kappa shape index (κ2) is 8.79. The summed E-state index contributed by atoms with van der Waals surface area (Å²) in [7, 11) is 0. The molecule has 3 N–H and O–H groups in total. The molecule has 1 saturated heterocycles. The number of carbonyl (C=O) groups excluding carboxylic acids is 1. The number of aliphatic hydroxyl groups excluding tert-OH is 3. The zero-order valence-corrected chi connectivity index (χ0v) is 12.1. The van der Waals surface area contributed by atoms with E-state index in [0.29, 0.717) is 0 Å². The number of rotatable bonds is 9. The molecule has 0 aromatic heterocycles. The zero-order valence-electron chi connectivity index (χ0n) is 11.3. The molecular formula is C13H24O5S. The standard InChI is InChI=1S/C13H24O5S/c1-2-3-4-5-6-7-8-19-13(17)11-9(14)10(15)12(16)18-11/h9-11,13-15,17H,2-8H2,1H3/t9-,10-,11-,13?/m0/s1. The predicted octanol–water partition coefficient (Wildman–Crippen LogP) is 1.05. The predicted molar refractivity (Wildman–Crippen MR) is 73.7 cm³/mol. The third-order valence-electron chi connectivity index (χ3n) is 3.22. The van der Waals surface area contributed by atoms with E-state index in [1.165, 1.54) is 37.4 Å². The van der Waals surface area contributed by atoms with Gasteiger partial charge in [0.25, 0.3) is 0 Å². The van der Waals surface area contributed by atoms with Gasteiger partial charge < -0.3 is 20.1 Å². The van der Waals surface area contributed by atoms with Crippen LogP contribution in [0.4, 0.5) is 0 Å². The van der Waals surface area contributed by atoms with Gasteiger partial charge in [-0.05, 0) is 12.2 Å². The van der Waals surface area contributed by atoms with Crippen LogP contribution in [-0.2, 0) is 9.53 Å². The molecule has 112 valence electrons. The fraction of sp³-hybridized carbons (Fsp3) is 0.923. The van der Waals surface area contributed by atoms with Crippen molar-refractivity contribution in [1.82, 2.24) is 0 Å². The van der Waals surface area contributed by atoms with Crippen LogP contribution >= 0.6 is 11.8 Å². The van der Waals surface area contributed by atoms with Gasteiger partial charge in [-0.1, -0.05) is 39.0 Å². The van der Waals surface area contributed by atoms with E-state index in [4.69, 9.17) is 4.74 Å². The molecule has 0 spiro atoms. The minimum absolute atomic E-state index is 0.754. The molecule has 0 aromatic rings. The van der Waals surface area contributed by atoms with Crippen molar-refractivity contribution in [3.63, 3.8) is 0 Å². The van der Waals surface area contributed by atoms with Crippen molar-refractivity contribution in [2.75, 3.05) is 5.75 Å². The van der Waals surface area contributed by atoms with Crippen LogP contribution in [0.3, 0.4) is 0 Å². The second-order valence-corrected chi connectivity index (χ2v) is 6.09. The number of aliphatic hydroxyl groups is 3. The first kappa shape index (κ1) is 16.8. The number of cyclic esters (lactones) is 1. The molecule has 1 rings (SSSR count).